The van der Waals surface area contributed by atoms with Crippen LogP contribution >= 0.6 is 11.3 Å². The van der Waals surface area contributed by atoms with Gasteiger partial charge in [-0.15, -0.1) is 11.3 Å². The van der Waals surface area contributed by atoms with Gasteiger partial charge in [0.2, 0.25) is 0 Å². The summed E-state index contributed by atoms with van der Waals surface area (Å²) in [6.07, 6.45) is 1.79. The number of methoxy groups -OCH3 is 1. The number of rotatable bonds is 4. The topological polar surface area (TPSA) is 61.2 Å². The fourth-order valence-corrected chi connectivity index (χ4v) is 3.53. The number of esters is 1. The highest BCUT2D eigenvalue weighted by Crippen LogP contribution is 2.31. The largest absolute Gasteiger partial charge is 0.467 e. The van der Waals surface area contributed by atoms with Crippen molar-refractivity contribution in [1.29, 1.82) is 0 Å². The summed E-state index contributed by atoms with van der Waals surface area (Å²) in [5.74, 6) is -0.829. The summed E-state index contributed by atoms with van der Waals surface area (Å²) in [6, 6.07) is 5.20. The summed E-state index contributed by atoms with van der Waals surface area (Å²) < 4.78 is 19.2. The first-order chi connectivity index (χ1) is 11.6. The van der Waals surface area contributed by atoms with Gasteiger partial charge in [0.05, 0.1) is 18.8 Å². The summed E-state index contributed by atoms with van der Waals surface area (Å²) in [7, 11) is 1.29. The summed E-state index contributed by atoms with van der Waals surface area (Å²) in [5, 5.41) is 2.24. The van der Waals surface area contributed by atoms with Crippen molar-refractivity contribution >= 4 is 27.5 Å². The van der Waals surface area contributed by atoms with Crippen LogP contribution in [0.1, 0.15) is 19.4 Å². The highest BCUT2D eigenvalue weighted by molar-refractivity contribution is 7.17. The van der Waals surface area contributed by atoms with Crippen LogP contribution in [0.5, 0.6) is 0 Å². The van der Waals surface area contributed by atoms with Crippen molar-refractivity contribution in [3.63, 3.8) is 0 Å². The van der Waals surface area contributed by atoms with Crippen molar-refractivity contribution in [3.8, 4) is 11.1 Å². The smallest absolute Gasteiger partial charge is 0.329 e. The molecule has 0 aliphatic carbocycles. The molecule has 0 bridgehead atoms. The van der Waals surface area contributed by atoms with Crippen LogP contribution in [-0.2, 0) is 9.53 Å². The second-order valence-electron chi connectivity index (χ2n) is 5.24. The summed E-state index contributed by atoms with van der Waals surface area (Å²) in [4.78, 5) is 29.7. The second-order valence-corrected chi connectivity index (χ2v) is 6.10. The minimum atomic E-state index is -0.722. The van der Waals surface area contributed by atoms with Gasteiger partial charge in [0.15, 0.2) is 0 Å². The van der Waals surface area contributed by atoms with E-state index >= 15 is 0 Å². The zero-order valence-electron chi connectivity index (χ0n) is 13.2. The number of hydrogen-bond donors (Lipinski definition) is 0. The van der Waals surface area contributed by atoms with Crippen molar-refractivity contribution < 1.29 is 13.9 Å². The molecule has 0 spiro atoms. The molecule has 124 valence electrons. The van der Waals surface area contributed by atoms with Crippen molar-refractivity contribution in [2.75, 3.05) is 7.11 Å². The lowest BCUT2D eigenvalue weighted by Gasteiger charge is -2.15. The van der Waals surface area contributed by atoms with Crippen LogP contribution in [0, 0.1) is 5.82 Å². The second kappa shape index (κ2) is 6.52. The number of nitrogens with zero attached hydrogens (tertiary/aromatic N) is 2. The zero-order chi connectivity index (χ0) is 17.3. The number of ether oxygens (including phenoxy) is 1. The molecule has 0 saturated heterocycles. The predicted octanol–water partition coefficient (Wildman–Crippen LogP) is 3.39. The molecule has 1 atom stereocenters. The van der Waals surface area contributed by atoms with Gasteiger partial charge in [-0.05, 0) is 24.1 Å². The van der Waals surface area contributed by atoms with Crippen molar-refractivity contribution in [1.82, 2.24) is 9.55 Å². The van der Waals surface area contributed by atoms with E-state index in [2.05, 4.69) is 4.98 Å². The van der Waals surface area contributed by atoms with E-state index < -0.39 is 12.0 Å². The monoisotopic (exact) mass is 346 g/mol. The highest BCUT2D eigenvalue weighted by Gasteiger charge is 2.23. The van der Waals surface area contributed by atoms with Crippen LogP contribution in [0.4, 0.5) is 4.39 Å². The van der Waals surface area contributed by atoms with E-state index in [1.807, 2.05) is 5.38 Å². The average Bonchev–Trinajstić information content (AvgIpc) is 3.02. The fraction of sp³-hybridized carbons (Fsp3) is 0.235. The first-order valence-electron chi connectivity index (χ1n) is 7.39. The number of hydrogen-bond acceptors (Lipinski definition) is 5. The number of halogens is 1. The first-order valence-corrected chi connectivity index (χ1v) is 8.26. The molecular weight excluding hydrogens is 331 g/mol. The molecule has 3 rings (SSSR count). The van der Waals surface area contributed by atoms with Gasteiger partial charge in [0.1, 0.15) is 16.7 Å². The molecule has 0 radical (unpaired) electrons. The molecule has 3 aromatic rings. The number of aromatic nitrogens is 2. The van der Waals surface area contributed by atoms with Gasteiger partial charge in [-0.2, -0.15) is 0 Å². The van der Waals surface area contributed by atoms with E-state index in [9.17, 15) is 14.0 Å². The fourth-order valence-electron chi connectivity index (χ4n) is 2.62. The first kappa shape index (κ1) is 16.3. The molecule has 0 saturated carbocycles. The van der Waals surface area contributed by atoms with Gasteiger partial charge in [-0.1, -0.05) is 19.1 Å². The molecule has 0 amide bonds. The van der Waals surface area contributed by atoms with E-state index in [1.165, 1.54) is 41.5 Å². The van der Waals surface area contributed by atoms with Gasteiger partial charge < -0.3 is 4.74 Å². The number of carbonyl (C=O) groups is 1. The van der Waals surface area contributed by atoms with E-state index in [4.69, 9.17) is 4.74 Å². The van der Waals surface area contributed by atoms with E-state index in [-0.39, 0.29) is 11.4 Å². The Hall–Kier alpha value is -2.54. The lowest BCUT2D eigenvalue weighted by Crippen LogP contribution is -2.30. The molecule has 0 unspecified atom stereocenters. The maximum absolute atomic E-state index is 13.1. The minimum Gasteiger partial charge on any atom is -0.467 e. The molecule has 5 nitrogen and oxygen atoms in total. The van der Waals surface area contributed by atoms with Crippen molar-refractivity contribution in [3.05, 3.63) is 52.1 Å². The molecule has 0 fully saturated rings. The lowest BCUT2D eigenvalue weighted by atomic mass is 10.1. The highest BCUT2D eigenvalue weighted by atomic mass is 32.1. The Kier molecular flexibility index (Phi) is 4.44. The van der Waals surface area contributed by atoms with E-state index in [0.717, 1.165) is 5.56 Å². The van der Waals surface area contributed by atoms with Crippen molar-refractivity contribution in [2.24, 2.45) is 0 Å². The third-order valence-electron chi connectivity index (χ3n) is 3.87. The Morgan fingerprint density at radius 2 is 2.08 bits per heavy atom. The van der Waals surface area contributed by atoms with Gasteiger partial charge in [0.25, 0.3) is 5.56 Å². The van der Waals surface area contributed by atoms with Crippen molar-refractivity contribution in [2.45, 2.75) is 19.4 Å². The van der Waals surface area contributed by atoms with Gasteiger partial charge in [-0.3, -0.25) is 9.36 Å². The maximum Gasteiger partial charge on any atom is 0.329 e. The number of benzene rings is 1. The summed E-state index contributed by atoms with van der Waals surface area (Å²) in [6.45, 7) is 1.80. The summed E-state index contributed by atoms with van der Waals surface area (Å²) >= 11 is 1.33. The summed E-state index contributed by atoms with van der Waals surface area (Å²) in [5.41, 5.74) is 1.10. The van der Waals surface area contributed by atoms with Gasteiger partial charge in [0, 0.05) is 10.9 Å². The number of thiophene rings is 1. The Balaban J connectivity index is 2.21. The third kappa shape index (κ3) is 2.71. The quantitative estimate of drug-likeness (QED) is 0.680. The van der Waals surface area contributed by atoms with Crippen LogP contribution in [0.2, 0.25) is 0 Å². The molecule has 24 heavy (non-hydrogen) atoms. The Morgan fingerprint density at radius 3 is 2.71 bits per heavy atom. The lowest BCUT2D eigenvalue weighted by molar-refractivity contribution is -0.144. The average molecular weight is 346 g/mol. The molecule has 0 aliphatic rings. The molecule has 0 aliphatic heterocycles. The van der Waals surface area contributed by atoms with Crippen LogP contribution in [0.3, 0.4) is 0 Å². The standard InChI is InChI=1S/C17H15FN2O3S/c1-3-13(17(22)23-2)20-9-19-15-14(16(20)21)12(8-24-15)10-4-6-11(18)7-5-10/h4-9,13H,3H2,1-2H3/t13-/m0/s1. The van der Waals surface area contributed by atoms with Crippen LogP contribution in [0.15, 0.2) is 40.8 Å². The van der Waals surface area contributed by atoms with Crippen LogP contribution < -0.4 is 5.56 Å². The molecular formula is C17H15FN2O3S. The zero-order valence-corrected chi connectivity index (χ0v) is 14.0. The Bertz CT molecular complexity index is 947. The SMILES string of the molecule is CC[C@@H](C(=O)OC)n1cnc2scc(-c3ccc(F)cc3)c2c1=O. The van der Waals surface area contributed by atoms with Crippen LogP contribution in [-0.4, -0.2) is 22.6 Å². The predicted molar refractivity (Wildman–Crippen MR) is 90.6 cm³/mol. The molecule has 1 aromatic carbocycles. The maximum atomic E-state index is 13.1. The number of carbonyl (C=O) groups excluding carboxylic acids is 1. The Labute approximate surface area is 141 Å². The third-order valence-corrected chi connectivity index (χ3v) is 4.76. The normalized spacial score (nSPS) is 12.3. The van der Waals surface area contributed by atoms with Crippen LogP contribution in [0.25, 0.3) is 21.3 Å². The van der Waals surface area contributed by atoms with Gasteiger partial charge >= 0.3 is 5.97 Å². The molecule has 0 N–H and O–H groups in total. The Morgan fingerprint density at radius 1 is 1.38 bits per heavy atom. The van der Waals surface area contributed by atoms with Gasteiger partial charge in [-0.25, -0.2) is 14.2 Å². The van der Waals surface area contributed by atoms with E-state index in [0.29, 0.717) is 22.2 Å². The molecule has 2 heterocycles. The minimum absolute atomic E-state index is 0.308. The van der Waals surface area contributed by atoms with E-state index in [1.54, 1.807) is 19.1 Å². The number of fused-ring (bicyclic) bond motifs is 1. The molecule has 2 aromatic heterocycles. The molecule has 7 heteroatoms.